The monoisotopic (exact) mass is 394 g/mol. The van der Waals surface area contributed by atoms with Gasteiger partial charge in [0.25, 0.3) is 11.7 Å². The highest BCUT2D eigenvalue weighted by Gasteiger charge is 2.48. The third-order valence-electron chi connectivity index (χ3n) is 4.41. The molecule has 8 heteroatoms. The molecule has 0 aliphatic heterocycles. The highest BCUT2D eigenvalue weighted by atomic mass is 19.4. The van der Waals surface area contributed by atoms with Crippen LogP contribution in [-0.2, 0) is 0 Å². The number of rotatable bonds is 3. The molecule has 2 aromatic heterocycles. The Bertz CT molecular complexity index is 987. The van der Waals surface area contributed by atoms with Crippen molar-refractivity contribution >= 4 is 11.4 Å². The molecular weight excluding hydrogens is 374 g/mol. The third kappa shape index (κ3) is 3.85. The van der Waals surface area contributed by atoms with Crippen LogP contribution in [0.5, 0.6) is 0 Å². The number of aromatic amines is 1. The number of carbonyl (C=O) groups excluding carboxylic acids is 1. The number of nitrogens with one attached hydrogen (secondary N) is 2. The zero-order valence-corrected chi connectivity index (χ0v) is 15.6. The van der Waals surface area contributed by atoms with Gasteiger partial charge in [0.05, 0.1) is 11.8 Å². The fourth-order valence-corrected chi connectivity index (χ4v) is 3.07. The predicted octanol–water partition coefficient (Wildman–Crippen LogP) is 4.27. The molecule has 0 aliphatic rings. The van der Waals surface area contributed by atoms with Gasteiger partial charge < -0.3 is 5.32 Å². The third-order valence-corrected chi connectivity index (χ3v) is 4.41. The number of benzene rings is 1. The van der Waals surface area contributed by atoms with Crippen LogP contribution in [0.1, 0.15) is 31.3 Å². The van der Waals surface area contributed by atoms with E-state index in [4.69, 9.17) is 0 Å². The van der Waals surface area contributed by atoms with Gasteiger partial charge in [0, 0.05) is 0 Å². The molecule has 0 saturated heterocycles. The summed E-state index contributed by atoms with van der Waals surface area (Å²) in [5.74, 6) is -0.824. The SMILES string of the molecule is CC(C)(C)[C@@H](NC(=O)c1[nH]c(-c2ccc(F)cc2)[n+]2ccccc12)C(F)(F)F. The molecule has 148 valence electrons. The molecule has 4 nitrogen and oxygen atoms in total. The van der Waals surface area contributed by atoms with Gasteiger partial charge in [0.1, 0.15) is 11.9 Å². The molecule has 0 bridgehead atoms. The molecule has 0 aliphatic carbocycles. The van der Waals surface area contributed by atoms with Crippen molar-refractivity contribution < 1.29 is 26.8 Å². The van der Waals surface area contributed by atoms with Crippen molar-refractivity contribution in [2.45, 2.75) is 33.0 Å². The fourth-order valence-electron chi connectivity index (χ4n) is 3.07. The highest BCUT2D eigenvalue weighted by Crippen LogP contribution is 2.33. The summed E-state index contributed by atoms with van der Waals surface area (Å²) in [5, 5.41) is 2.11. The number of hydrogen-bond donors (Lipinski definition) is 2. The van der Waals surface area contributed by atoms with Crippen LogP contribution in [0.2, 0.25) is 0 Å². The van der Waals surface area contributed by atoms with E-state index in [1.165, 1.54) is 45.0 Å². The van der Waals surface area contributed by atoms with Crippen molar-refractivity contribution in [2.24, 2.45) is 5.41 Å². The topological polar surface area (TPSA) is 49.0 Å². The summed E-state index contributed by atoms with van der Waals surface area (Å²) in [6, 6.07) is 8.59. The van der Waals surface area contributed by atoms with E-state index < -0.39 is 29.4 Å². The molecule has 3 rings (SSSR count). The van der Waals surface area contributed by atoms with E-state index in [0.717, 1.165) is 0 Å². The van der Waals surface area contributed by atoms with Crippen molar-refractivity contribution in [3.8, 4) is 11.4 Å². The Morgan fingerprint density at radius 2 is 1.71 bits per heavy atom. The van der Waals surface area contributed by atoms with Crippen LogP contribution >= 0.6 is 0 Å². The first-order valence-corrected chi connectivity index (χ1v) is 8.64. The first kappa shape index (κ1) is 19.9. The molecule has 1 aromatic carbocycles. The number of pyridine rings is 1. The summed E-state index contributed by atoms with van der Waals surface area (Å²) in [7, 11) is 0. The molecule has 0 radical (unpaired) electrons. The number of hydrogen-bond acceptors (Lipinski definition) is 1. The van der Waals surface area contributed by atoms with Gasteiger partial charge in [-0.1, -0.05) is 26.8 Å². The minimum atomic E-state index is -4.59. The van der Waals surface area contributed by atoms with Gasteiger partial charge >= 0.3 is 6.18 Å². The Hall–Kier alpha value is -2.90. The summed E-state index contributed by atoms with van der Waals surface area (Å²) in [5.41, 5.74) is -0.221. The summed E-state index contributed by atoms with van der Waals surface area (Å²) in [6.45, 7) is 4.24. The van der Waals surface area contributed by atoms with E-state index in [0.29, 0.717) is 16.9 Å². The van der Waals surface area contributed by atoms with Crippen LogP contribution in [-0.4, -0.2) is 23.1 Å². The highest BCUT2D eigenvalue weighted by molar-refractivity contribution is 5.98. The molecular formula is C20H20F4N3O+. The number of amides is 1. The van der Waals surface area contributed by atoms with Crippen molar-refractivity contribution in [1.82, 2.24) is 10.3 Å². The number of carbonyl (C=O) groups is 1. The molecule has 0 unspecified atom stereocenters. The van der Waals surface area contributed by atoms with Gasteiger partial charge in [-0.25, -0.2) is 9.37 Å². The van der Waals surface area contributed by atoms with E-state index in [1.807, 2.05) is 0 Å². The summed E-state index contributed by atoms with van der Waals surface area (Å²) >= 11 is 0. The van der Waals surface area contributed by atoms with Crippen molar-refractivity contribution in [1.29, 1.82) is 0 Å². The predicted molar refractivity (Wildman–Crippen MR) is 96.1 cm³/mol. The van der Waals surface area contributed by atoms with Gasteiger partial charge in [0.2, 0.25) is 5.69 Å². The summed E-state index contributed by atoms with van der Waals surface area (Å²) < 4.78 is 55.2. The molecule has 0 spiro atoms. The van der Waals surface area contributed by atoms with E-state index in [9.17, 15) is 22.4 Å². The summed E-state index contributed by atoms with van der Waals surface area (Å²) in [4.78, 5) is 15.6. The van der Waals surface area contributed by atoms with Crippen LogP contribution in [0.3, 0.4) is 0 Å². The standard InChI is InChI=1S/C20H19F4N3O/c1-19(2,3)18(20(22,23)24)26-17(28)15-14-6-4-5-11-27(14)16(25-15)12-7-9-13(21)10-8-12/h4-11,18H,1-3H3,(H,26,28)/p+1/t18-/m1/s1. The second-order valence-corrected chi connectivity index (χ2v) is 7.63. The summed E-state index contributed by atoms with van der Waals surface area (Å²) in [6.07, 6.45) is -2.92. The Balaban J connectivity index is 2.06. The molecule has 28 heavy (non-hydrogen) atoms. The maximum Gasteiger partial charge on any atom is 0.409 e. The molecule has 1 amide bonds. The second-order valence-electron chi connectivity index (χ2n) is 7.63. The molecule has 3 aromatic rings. The normalized spacial score (nSPS) is 13.5. The van der Waals surface area contributed by atoms with Crippen LogP contribution < -0.4 is 9.72 Å². The van der Waals surface area contributed by atoms with Gasteiger partial charge in [-0.3, -0.25) is 4.79 Å². The van der Waals surface area contributed by atoms with Crippen LogP contribution in [0, 0.1) is 11.2 Å². The Morgan fingerprint density at radius 1 is 1.07 bits per heavy atom. The lowest BCUT2D eigenvalue weighted by Gasteiger charge is -2.32. The zero-order chi connectivity index (χ0) is 20.7. The number of fused-ring (bicyclic) bond motifs is 1. The average Bonchev–Trinajstić information content (AvgIpc) is 2.98. The lowest BCUT2D eigenvalue weighted by atomic mass is 9.86. The van der Waals surface area contributed by atoms with Crippen LogP contribution in [0.25, 0.3) is 16.9 Å². The maximum absolute atomic E-state index is 13.4. The van der Waals surface area contributed by atoms with Crippen molar-refractivity contribution in [2.75, 3.05) is 0 Å². The number of alkyl halides is 3. The lowest BCUT2D eigenvalue weighted by molar-refractivity contribution is -0.498. The largest absolute Gasteiger partial charge is 0.409 e. The van der Waals surface area contributed by atoms with Crippen LogP contribution in [0.4, 0.5) is 17.6 Å². The van der Waals surface area contributed by atoms with Crippen LogP contribution in [0.15, 0.2) is 48.7 Å². The van der Waals surface area contributed by atoms with E-state index in [1.54, 1.807) is 28.8 Å². The quantitative estimate of drug-likeness (QED) is 0.506. The number of halogens is 4. The number of H-pyrrole nitrogens is 1. The smallest absolute Gasteiger partial charge is 0.337 e. The van der Waals surface area contributed by atoms with Crippen molar-refractivity contribution in [3.05, 3.63) is 60.2 Å². The maximum atomic E-state index is 13.4. The average molecular weight is 394 g/mol. The number of aromatic nitrogens is 2. The molecule has 2 heterocycles. The van der Waals surface area contributed by atoms with Gasteiger partial charge in [-0.2, -0.15) is 17.6 Å². The van der Waals surface area contributed by atoms with Gasteiger partial charge in [0.15, 0.2) is 5.52 Å². The van der Waals surface area contributed by atoms with Crippen molar-refractivity contribution in [3.63, 3.8) is 0 Å². The fraction of sp³-hybridized carbons (Fsp3) is 0.300. The number of imidazole rings is 1. The Morgan fingerprint density at radius 3 is 2.29 bits per heavy atom. The minimum absolute atomic E-state index is 0.00146. The van der Waals surface area contributed by atoms with E-state index in [-0.39, 0.29) is 5.69 Å². The Kier molecular flexibility index (Phi) is 4.91. The first-order chi connectivity index (χ1) is 13.0. The zero-order valence-electron chi connectivity index (χ0n) is 15.6. The molecule has 2 N–H and O–H groups in total. The molecule has 0 saturated carbocycles. The minimum Gasteiger partial charge on any atom is -0.337 e. The van der Waals surface area contributed by atoms with E-state index >= 15 is 0 Å². The van der Waals surface area contributed by atoms with E-state index in [2.05, 4.69) is 10.3 Å². The number of nitrogens with zero attached hydrogens (tertiary/aromatic N) is 1. The molecule has 0 fully saturated rings. The first-order valence-electron chi connectivity index (χ1n) is 8.64. The molecule has 1 atom stereocenters. The van der Waals surface area contributed by atoms with Gasteiger partial charge in [-0.05, 0) is 41.8 Å². The second kappa shape index (κ2) is 6.92. The Labute approximate surface area is 159 Å². The van der Waals surface area contributed by atoms with Gasteiger partial charge in [-0.15, -0.1) is 0 Å². The lowest BCUT2D eigenvalue weighted by Crippen LogP contribution is -2.53.